The first-order chi connectivity index (χ1) is 9.87. The van der Waals surface area contributed by atoms with Crippen LogP contribution in [-0.2, 0) is 19.0 Å². The fraction of sp³-hybridized carbons (Fsp3) is 0.938. The third-order valence-electron chi connectivity index (χ3n) is 3.70. The van der Waals surface area contributed by atoms with Crippen LogP contribution < -0.4 is 5.73 Å². The smallest absolute Gasteiger partial charge is 0.328 e. The Morgan fingerprint density at radius 2 is 2.19 bits per heavy atom. The lowest BCUT2D eigenvalue weighted by atomic mass is 9.92. The van der Waals surface area contributed by atoms with Gasteiger partial charge in [0.1, 0.15) is 11.6 Å². The molecule has 5 nitrogen and oxygen atoms in total. The van der Waals surface area contributed by atoms with Crippen molar-refractivity contribution < 1.29 is 19.0 Å². The van der Waals surface area contributed by atoms with E-state index in [4.69, 9.17) is 19.9 Å². The topological polar surface area (TPSA) is 70.8 Å². The number of carbonyl (C=O) groups is 1. The highest BCUT2D eigenvalue weighted by Crippen LogP contribution is 2.21. The van der Waals surface area contributed by atoms with E-state index in [0.717, 1.165) is 12.8 Å². The number of ether oxygens (including phenoxy) is 3. The number of rotatable bonds is 6. The van der Waals surface area contributed by atoms with Gasteiger partial charge in [-0.15, -0.1) is 0 Å². The molecule has 1 rings (SSSR count). The third-order valence-corrected chi connectivity index (χ3v) is 3.70. The molecule has 0 amide bonds. The average molecular weight is 301 g/mol. The van der Waals surface area contributed by atoms with E-state index in [1.54, 1.807) is 0 Å². The van der Waals surface area contributed by atoms with Crippen LogP contribution in [0.1, 0.15) is 53.4 Å². The first kappa shape index (κ1) is 18.4. The van der Waals surface area contributed by atoms with Crippen LogP contribution in [0.15, 0.2) is 0 Å². The molecule has 0 aromatic rings. The molecule has 1 aliphatic heterocycles. The Bertz CT molecular complexity index is 321. The minimum atomic E-state index is -1.04. The number of esters is 1. The molecule has 3 unspecified atom stereocenters. The van der Waals surface area contributed by atoms with E-state index in [-0.39, 0.29) is 24.8 Å². The van der Waals surface area contributed by atoms with Gasteiger partial charge in [-0.3, -0.25) is 0 Å². The van der Waals surface area contributed by atoms with Gasteiger partial charge in [-0.1, -0.05) is 20.8 Å². The first-order valence-electron chi connectivity index (χ1n) is 8.06. The Labute approximate surface area is 128 Å². The molecule has 124 valence electrons. The molecule has 5 heteroatoms. The van der Waals surface area contributed by atoms with Crippen LogP contribution in [-0.4, -0.2) is 43.5 Å². The van der Waals surface area contributed by atoms with Crippen molar-refractivity contribution in [2.24, 2.45) is 11.7 Å². The Kier molecular flexibility index (Phi) is 7.63. The molecule has 1 heterocycles. The van der Waals surface area contributed by atoms with Gasteiger partial charge in [-0.05, 0) is 32.1 Å². The molecule has 0 spiro atoms. The number of cyclic esters (lactones) is 1. The molecule has 0 aromatic heterocycles. The molecule has 0 radical (unpaired) electrons. The summed E-state index contributed by atoms with van der Waals surface area (Å²) in [6, 6.07) is 0. The van der Waals surface area contributed by atoms with E-state index in [9.17, 15) is 4.79 Å². The van der Waals surface area contributed by atoms with Gasteiger partial charge < -0.3 is 19.9 Å². The molecular weight excluding hydrogens is 270 g/mol. The van der Waals surface area contributed by atoms with E-state index in [2.05, 4.69) is 20.8 Å². The maximum absolute atomic E-state index is 12.3. The second kappa shape index (κ2) is 8.71. The van der Waals surface area contributed by atoms with Crippen molar-refractivity contribution >= 4 is 5.97 Å². The maximum Gasteiger partial charge on any atom is 0.328 e. The van der Waals surface area contributed by atoms with Gasteiger partial charge in [0.25, 0.3) is 0 Å². The number of nitrogens with two attached hydrogens (primary N) is 1. The molecule has 1 fully saturated rings. The van der Waals surface area contributed by atoms with Gasteiger partial charge in [0, 0.05) is 13.0 Å². The zero-order valence-electron chi connectivity index (χ0n) is 13.9. The summed E-state index contributed by atoms with van der Waals surface area (Å²) in [5.74, 6) is 0.135. The van der Waals surface area contributed by atoms with Crippen LogP contribution in [0.2, 0.25) is 0 Å². The van der Waals surface area contributed by atoms with Crippen LogP contribution in [0.3, 0.4) is 0 Å². The van der Waals surface area contributed by atoms with Gasteiger partial charge in [0.15, 0.2) is 0 Å². The molecule has 2 N–H and O–H groups in total. The fourth-order valence-corrected chi connectivity index (χ4v) is 2.34. The predicted molar refractivity (Wildman–Crippen MR) is 82.0 cm³/mol. The summed E-state index contributed by atoms with van der Waals surface area (Å²) in [5, 5.41) is 0. The largest absolute Gasteiger partial charge is 0.461 e. The molecule has 21 heavy (non-hydrogen) atoms. The third kappa shape index (κ3) is 6.32. The molecule has 1 aliphatic rings. The summed E-state index contributed by atoms with van der Waals surface area (Å²) in [5.41, 5.74) is 5.21. The number of hydrogen-bond acceptors (Lipinski definition) is 5. The highest BCUT2D eigenvalue weighted by molar-refractivity contribution is 5.81. The van der Waals surface area contributed by atoms with E-state index in [1.165, 1.54) is 0 Å². The lowest BCUT2D eigenvalue weighted by Gasteiger charge is -2.28. The number of hydrogen-bond donors (Lipinski definition) is 1. The highest BCUT2D eigenvalue weighted by Gasteiger charge is 2.38. The molecule has 1 saturated heterocycles. The zero-order valence-corrected chi connectivity index (χ0v) is 13.9. The lowest BCUT2D eigenvalue weighted by Crippen LogP contribution is -2.53. The van der Waals surface area contributed by atoms with Crippen molar-refractivity contribution in [1.82, 2.24) is 0 Å². The highest BCUT2D eigenvalue weighted by atomic mass is 16.6. The minimum Gasteiger partial charge on any atom is -0.461 e. The van der Waals surface area contributed by atoms with Crippen molar-refractivity contribution in [1.29, 1.82) is 0 Å². The standard InChI is InChI=1S/C16H31NO4/c1-5-8-20-14-9-13(4)21-15(18)16(17,11-19-10-14)7-6-12(2)3/h12-14H,5-11,17H2,1-4H3. The van der Waals surface area contributed by atoms with Crippen molar-refractivity contribution in [3.8, 4) is 0 Å². The molecule has 0 bridgehead atoms. The summed E-state index contributed by atoms with van der Waals surface area (Å²) in [7, 11) is 0. The second-order valence-electron chi connectivity index (χ2n) is 6.55. The van der Waals surface area contributed by atoms with Gasteiger partial charge in [0.2, 0.25) is 0 Å². The molecule has 0 saturated carbocycles. The van der Waals surface area contributed by atoms with Crippen molar-refractivity contribution in [3.05, 3.63) is 0 Å². The summed E-state index contributed by atoms with van der Waals surface area (Å²) >= 11 is 0. The van der Waals surface area contributed by atoms with Crippen LogP contribution in [0.4, 0.5) is 0 Å². The van der Waals surface area contributed by atoms with E-state index in [1.807, 2.05) is 6.92 Å². The van der Waals surface area contributed by atoms with Crippen LogP contribution in [0.25, 0.3) is 0 Å². The van der Waals surface area contributed by atoms with Crippen molar-refractivity contribution in [2.75, 3.05) is 19.8 Å². The van der Waals surface area contributed by atoms with Gasteiger partial charge >= 0.3 is 5.97 Å². The number of carbonyl (C=O) groups excluding carboxylic acids is 1. The van der Waals surface area contributed by atoms with E-state index < -0.39 is 5.54 Å². The Hall–Kier alpha value is -0.650. The molecule has 0 aromatic carbocycles. The Morgan fingerprint density at radius 3 is 2.81 bits per heavy atom. The maximum atomic E-state index is 12.3. The van der Waals surface area contributed by atoms with E-state index >= 15 is 0 Å². The van der Waals surface area contributed by atoms with Gasteiger partial charge in [-0.2, -0.15) is 0 Å². The molecular formula is C16H31NO4. The summed E-state index contributed by atoms with van der Waals surface area (Å²) in [6.45, 7) is 9.52. The summed E-state index contributed by atoms with van der Waals surface area (Å²) < 4.78 is 16.9. The monoisotopic (exact) mass is 301 g/mol. The summed E-state index contributed by atoms with van der Waals surface area (Å²) in [4.78, 5) is 12.3. The molecule has 0 aliphatic carbocycles. The van der Waals surface area contributed by atoms with Gasteiger partial charge in [0.05, 0.1) is 19.3 Å². The van der Waals surface area contributed by atoms with Crippen LogP contribution in [0, 0.1) is 5.92 Å². The van der Waals surface area contributed by atoms with Crippen LogP contribution in [0.5, 0.6) is 0 Å². The zero-order chi connectivity index (χ0) is 15.9. The first-order valence-corrected chi connectivity index (χ1v) is 8.06. The lowest BCUT2D eigenvalue weighted by molar-refractivity contribution is -0.157. The second-order valence-corrected chi connectivity index (χ2v) is 6.55. The Balaban J connectivity index is 2.67. The van der Waals surface area contributed by atoms with E-state index in [0.29, 0.717) is 32.0 Å². The van der Waals surface area contributed by atoms with Gasteiger partial charge in [-0.25, -0.2) is 4.79 Å². The quantitative estimate of drug-likeness (QED) is 0.762. The SMILES string of the molecule is CCCOC1COCC(N)(CCC(C)C)C(=O)OC(C)C1. The Morgan fingerprint density at radius 1 is 1.48 bits per heavy atom. The summed E-state index contributed by atoms with van der Waals surface area (Å²) in [6.07, 6.45) is 2.81. The minimum absolute atomic E-state index is 0.0415. The van der Waals surface area contributed by atoms with Crippen LogP contribution >= 0.6 is 0 Å². The van der Waals surface area contributed by atoms with Crippen molar-refractivity contribution in [2.45, 2.75) is 71.1 Å². The van der Waals surface area contributed by atoms with Crippen molar-refractivity contribution in [3.63, 3.8) is 0 Å². The normalized spacial score (nSPS) is 31.4. The average Bonchev–Trinajstić information content (AvgIpc) is 2.46. The fourth-order valence-electron chi connectivity index (χ4n) is 2.34. The predicted octanol–water partition coefficient (Wildman–Crippen LogP) is 2.27. The molecule has 3 atom stereocenters.